The number of thiophene rings is 1. The Bertz CT molecular complexity index is 2740. The minimum absolute atomic E-state index is 1.17. The van der Waals surface area contributed by atoms with Crippen LogP contribution in [-0.2, 0) is 0 Å². The van der Waals surface area contributed by atoms with Gasteiger partial charge in [-0.15, -0.1) is 11.3 Å². The zero-order chi connectivity index (χ0) is 29.5. The molecule has 10 aromatic rings. The minimum Gasteiger partial charge on any atom is -0.309 e. The van der Waals surface area contributed by atoms with Gasteiger partial charge < -0.3 is 9.13 Å². The topological polar surface area (TPSA) is 9.86 Å². The third kappa shape index (κ3) is 3.56. The van der Waals surface area contributed by atoms with Crippen molar-refractivity contribution >= 4 is 75.1 Å². The molecule has 0 fully saturated rings. The maximum atomic E-state index is 2.52. The molecule has 0 amide bonds. The normalized spacial score (nSPS) is 12.0. The van der Waals surface area contributed by atoms with Crippen LogP contribution in [0.3, 0.4) is 0 Å². The van der Waals surface area contributed by atoms with Crippen molar-refractivity contribution in [1.29, 1.82) is 0 Å². The molecule has 0 saturated heterocycles. The van der Waals surface area contributed by atoms with Gasteiger partial charge in [0, 0.05) is 42.7 Å². The van der Waals surface area contributed by atoms with Gasteiger partial charge in [0.05, 0.1) is 32.5 Å². The van der Waals surface area contributed by atoms with Gasteiger partial charge in [0.1, 0.15) is 0 Å². The molecule has 0 atom stereocenters. The summed E-state index contributed by atoms with van der Waals surface area (Å²) in [6.07, 6.45) is 0. The van der Waals surface area contributed by atoms with Crippen molar-refractivity contribution in [2.75, 3.05) is 0 Å². The molecular weight excluding hydrogens is 565 g/mol. The van der Waals surface area contributed by atoms with E-state index in [9.17, 15) is 0 Å². The molecule has 0 radical (unpaired) electrons. The van der Waals surface area contributed by atoms with Crippen LogP contribution in [0.2, 0.25) is 0 Å². The summed E-state index contributed by atoms with van der Waals surface area (Å²) in [5.41, 5.74) is 9.72. The number of nitrogens with zero attached hydrogens (tertiary/aromatic N) is 2. The number of para-hydroxylation sites is 3. The van der Waals surface area contributed by atoms with E-state index in [1.54, 1.807) is 0 Å². The smallest absolute Gasteiger partial charge is 0.0647 e. The lowest BCUT2D eigenvalue weighted by atomic mass is 10.0. The summed E-state index contributed by atoms with van der Waals surface area (Å²) in [6, 6.07) is 57.6. The summed E-state index contributed by atoms with van der Waals surface area (Å²) >= 11 is 1.89. The Labute approximate surface area is 263 Å². The van der Waals surface area contributed by atoms with Crippen LogP contribution in [0, 0.1) is 0 Å². The summed E-state index contributed by atoms with van der Waals surface area (Å²) in [5, 5.41) is 7.70. The van der Waals surface area contributed by atoms with Crippen molar-refractivity contribution in [3.8, 4) is 22.5 Å². The van der Waals surface area contributed by atoms with Gasteiger partial charge in [-0.05, 0) is 65.7 Å². The maximum Gasteiger partial charge on any atom is 0.0647 e. The summed E-state index contributed by atoms with van der Waals surface area (Å²) < 4.78 is 7.55. The summed E-state index contributed by atoms with van der Waals surface area (Å²) in [5.74, 6) is 0. The van der Waals surface area contributed by atoms with Crippen LogP contribution in [-0.4, -0.2) is 9.13 Å². The molecule has 0 aliphatic heterocycles. The fraction of sp³-hybridized carbons (Fsp3) is 0. The molecule has 10 rings (SSSR count). The van der Waals surface area contributed by atoms with Crippen LogP contribution in [0.4, 0.5) is 0 Å². The van der Waals surface area contributed by atoms with E-state index in [1.807, 2.05) is 11.3 Å². The molecule has 2 nitrogen and oxygen atoms in total. The van der Waals surface area contributed by atoms with Gasteiger partial charge in [-0.3, -0.25) is 0 Å². The Morgan fingerprint density at radius 1 is 0.356 bits per heavy atom. The molecule has 3 heteroatoms. The van der Waals surface area contributed by atoms with Crippen molar-refractivity contribution in [3.05, 3.63) is 158 Å². The lowest BCUT2D eigenvalue weighted by Gasteiger charge is -2.13. The van der Waals surface area contributed by atoms with Crippen LogP contribution in [0.5, 0.6) is 0 Å². The SMILES string of the molecule is c1ccc(-c2cc(-n3c4ccccc4c4cc5c6ccccc6n(-c6ccccc6)c5cc43)c3sc4ccccc4c3c2)cc1. The van der Waals surface area contributed by atoms with E-state index in [0.717, 1.165) is 0 Å². The van der Waals surface area contributed by atoms with Gasteiger partial charge in [0.25, 0.3) is 0 Å². The Hall–Kier alpha value is -5.64. The molecule has 0 spiro atoms. The highest BCUT2D eigenvalue weighted by Crippen LogP contribution is 2.44. The Morgan fingerprint density at radius 2 is 0.933 bits per heavy atom. The lowest BCUT2D eigenvalue weighted by molar-refractivity contribution is 1.17. The van der Waals surface area contributed by atoms with Crippen molar-refractivity contribution < 1.29 is 0 Å². The van der Waals surface area contributed by atoms with Crippen molar-refractivity contribution in [1.82, 2.24) is 9.13 Å². The van der Waals surface area contributed by atoms with Crippen molar-refractivity contribution in [2.45, 2.75) is 0 Å². The monoisotopic (exact) mass is 590 g/mol. The predicted molar refractivity (Wildman–Crippen MR) is 193 cm³/mol. The number of aromatic nitrogens is 2. The Morgan fingerprint density at radius 3 is 1.67 bits per heavy atom. The average molecular weight is 591 g/mol. The van der Waals surface area contributed by atoms with Gasteiger partial charge in [-0.2, -0.15) is 0 Å². The zero-order valence-corrected chi connectivity index (χ0v) is 25.1. The molecule has 45 heavy (non-hydrogen) atoms. The lowest BCUT2D eigenvalue weighted by Crippen LogP contribution is -1.96. The van der Waals surface area contributed by atoms with Gasteiger partial charge in [-0.1, -0.05) is 103 Å². The van der Waals surface area contributed by atoms with Crippen LogP contribution in [0.1, 0.15) is 0 Å². The quantitative estimate of drug-likeness (QED) is 0.194. The van der Waals surface area contributed by atoms with E-state index in [4.69, 9.17) is 0 Å². The third-order valence-electron chi connectivity index (χ3n) is 9.29. The molecule has 210 valence electrons. The van der Waals surface area contributed by atoms with E-state index >= 15 is 0 Å². The van der Waals surface area contributed by atoms with Crippen molar-refractivity contribution in [2.24, 2.45) is 0 Å². The number of hydrogen-bond acceptors (Lipinski definition) is 1. The molecule has 0 aliphatic rings. The predicted octanol–water partition coefficient (Wildman–Crippen LogP) is 11.9. The zero-order valence-electron chi connectivity index (χ0n) is 24.3. The van der Waals surface area contributed by atoms with Crippen LogP contribution in [0.25, 0.3) is 86.3 Å². The number of fused-ring (bicyclic) bond motifs is 9. The molecule has 3 heterocycles. The van der Waals surface area contributed by atoms with E-state index < -0.39 is 0 Å². The van der Waals surface area contributed by atoms with Crippen LogP contribution >= 0.6 is 11.3 Å². The van der Waals surface area contributed by atoms with Gasteiger partial charge in [-0.25, -0.2) is 0 Å². The molecule has 0 N–H and O–H groups in total. The van der Waals surface area contributed by atoms with Gasteiger partial charge in [0.2, 0.25) is 0 Å². The van der Waals surface area contributed by atoms with Crippen molar-refractivity contribution in [3.63, 3.8) is 0 Å². The highest BCUT2D eigenvalue weighted by molar-refractivity contribution is 7.26. The summed E-state index contributed by atoms with van der Waals surface area (Å²) in [6.45, 7) is 0. The molecule has 3 aromatic heterocycles. The first-order valence-electron chi connectivity index (χ1n) is 15.4. The van der Waals surface area contributed by atoms with E-state index in [1.165, 1.54) is 86.3 Å². The number of hydrogen-bond donors (Lipinski definition) is 0. The fourth-order valence-corrected chi connectivity index (χ4v) is 8.51. The highest BCUT2D eigenvalue weighted by Gasteiger charge is 2.21. The molecule has 0 saturated carbocycles. The van der Waals surface area contributed by atoms with Gasteiger partial charge in [0.15, 0.2) is 0 Å². The Kier molecular flexibility index (Phi) is 5.19. The summed E-state index contributed by atoms with van der Waals surface area (Å²) in [4.78, 5) is 0. The minimum atomic E-state index is 1.17. The van der Waals surface area contributed by atoms with Crippen LogP contribution < -0.4 is 0 Å². The second-order valence-corrected chi connectivity index (χ2v) is 12.8. The molecule has 7 aromatic carbocycles. The van der Waals surface area contributed by atoms with E-state index in [-0.39, 0.29) is 0 Å². The first-order valence-corrected chi connectivity index (χ1v) is 16.2. The number of rotatable bonds is 3. The standard InChI is InChI=1S/C42H26N2S/c1-3-13-27(14-4-1)28-23-35-32-19-9-12-22-41(32)45-42(35)40(24-28)44-37-21-11-8-18-31(37)34-25-33-30-17-7-10-20-36(30)43(38(33)26-39(34)44)29-15-5-2-6-16-29/h1-26H. The largest absolute Gasteiger partial charge is 0.309 e. The molecule has 0 unspecified atom stereocenters. The summed E-state index contributed by atoms with van der Waals surface area (Å²) in [7, 11) is 0. The average Bonchev–Trinajstić information content (AvgIpc) is 3.75. The Balaban J connectivity index is 1.40. The van der Waals surface area contributed by atoms with E-state index in [0.29, 0.717) is 0 Å². The molecular formula is C42H26N2S. The van der Waals surface area contributed by atoms with Crippen LogP contribution in [0.15, 0.2) is 158 Å². The molecule has 0 bridgehead atoms. The molecule has 0 aliphatic carbocycles. The van der Waals surface area contributed by atoms with E-state index in [2.05, 4.69) is 167 Å². The van der Waals surface area contributed by atoms with Gasteiger partial charge >= 0.3 is 0 Å². The maximum absolute atomic E-state index is 2.52. The highest BCUT2D eigenvalue weighted by atomic mass is 32.1. The first-order chi connectivity index (χ1) is 22.3. The number of benzene rings is 7. The second-order valence-electron chi connectivity index (χ2n) is 11.8. The fourth-order valence-electron chi connectivity index (χ4n) is 7.32. The second kappa shape index (κ2) is 9.43. The first kappa shape index (κ1) is 24.8. The third-order valence-corrected chi connectivity index (χ3v) is 10.5.